The summed E-state index contributed by atoms with van der Waals surface area (Å²) in [5, 5.41) is 4.01. The predicted molar refractivity (Wildman–Crippen MR) is 77.5 cm³/mol. The minimum atomic E-state index is 0.288. The fourth-order valence-electron chi connectivity index (χ4n) is 2.56. The Morgan fingerprint density at radius 3 is 2.90 bits per heavy atom. The Morgan fingerprint density at radius 2 is 2.14 bits per heavy atom. The van der Waals surface area contributed by atoms with Gasteiger partial charge in [0.15, 0.2) is 6.79 Å². The highest BCUT2D eigenvalue weighted by atomic mass is 16.7. The van der Waals surface area contributed by atoms with Crippen LogP contribution in [-0.4, -0.2) is 23.9 Å². The summed E-state index contributed by atoms with van der Waals surface area (Å²) in [4.78, 5) is 2.14. The molecule has 112 valence electrons. The molecule has 0 fully saturated rings. The van der Waals surface area contributed by atoms with Crippen LogP contribution in [0.4, 0.5) is 5.69 Å². The van der Waals surface area contributed by atoms with Crippen molar-refractivity contribution in [2.75, 3.05) is 19.6 Å². The summed E-state index contributed by atoms with van der Waals surface area (Å²) in [6.45, 7) is 4.14. The molecule has 0 atom stereocenters. The fourth-order valence-corrected chi connectivity index (χ4v) is 2.56. The highest BCUT2D eigenvalue weighted by molar-refractivity contribution is 5.53. The van der Waals surface area contributed by atoms with Gasteiger partial charge >= 0.3 is 0 Å². The molecule has 0 radical (unpaired) electrons. The molecule has 21 heavy (non-hydrogen) atoms. The molecule has 1 aromatic heterocycles. The number of nitrogens with two attached hydrogens (primary N) is 1. The van der Waals surface area contributed by atoms with E-state index in [1.54, 1.807) is 0 Å². The monoisotopic (exact) mass is 289 g/mol. The average molecular weight is 289 g/mol. The number of ether oxygens (including phenoxy) is 2. The van der Waals surface area contributed by atoms with Crippen LogP contribution in [0.2, 0.25) is 0 Å². The van der Waals surface area contributed by atoms with E-state index in [4.69, 9.17) is 19.7 Å². The van der Waals surface area contributed by atoms with Gasteiger partial charge in [0.05, 0.1) is 12.3 Å². The van der Waals surface area contributed by atoms with Crippen molar-refractivity contribution in [3.8, 4) is 5.75 Å². The minimum absolute atomic E-state index is 0.288. The van der Waals surface area contributed by atoms with E-state index in [1.807, 2.05) is 32.2 Å². The first kappa shape index (κ1) is 13.9. The molecule has 2 N–H and O–H groups in total. The van der Waals surface area contributed by atoms with Crippen LogP contribution in [0, 0.1) is 6.92 Å². The molecule has 6 nitrogen and oxygen atoms in total. The lowest BCUT2D eigenvalue weighted by Gasteiger charge is -2.23. The molecule has 0 saturated carbocycles. The van der Waals surface area contributed by atoms with E-state index in [2.05, 4.69) is 10.1 Å². The molecule has 0 aliphatic carbocycles. The van der Waals surface area contributed by atoms with Crippen molar-refractivity contribution in [2.24, 2.45) is 0 Å². The van der Waals surface area contributed by atoms with Crippen molar-refractivity contribution in [1.29, 1.82) is 0 Å². The first-order valence-electron chi connectivity index (χ1n) is 6.84. The Balaban J connectivity index is 1.76. The quantitative estimate of drug-likeness (QED) is 0.869. The largest absolute Gasteiger partial charge is 0.467 e. The van der Waals surface area contributed by atoms with Crippen LogP contribution in [-0.2, 0) is 24.4 Å². The molecule has 1 aromatic carbocycles. The Bertz CT molecular complexity index is 639. The molecule has 2 aromatic rings. The predicted octanol–water partition coefficient (Wildman–Crippen LogP) is 2.06. The van der Waals surface area contributed by atoms with E-state index in [-0.39, 0.29) is 6.79 Å². The third-order valence-electron chi connectivity index (χ3n) is 3.36. The maximum atomic E-state index is 5.96. The van der Waals surface area contributed by atoms with Crippen molar-refractivity contribution < 1.29 is 14.0 Å². The molecule has 0 bridgehead atoms. The molecule has 1 aliphatic heterocycles. The molecule has 1 aliphatic rings. The molecule has 6 heteroatoms. The molecular formula is C15H19N3O3. The lowest BCUT2D eigenvalue weighted by atomic mass is 10.1. The number of benzene rings is 1. The summed E-state index contributed by atoms with van der Waals surface area (Å²) in [6.07, 6.45) is 0. The number of anilines is 1. The maximum absolute atomic E-state index is 5.96. The summed E-state index contributed by atoms with van der Waals surface area (Å²) in [5.74, 6) is 1.71. The summed E-state index contributed by atoms with van der Waals surface area (Å²) in [6, 6.07) is 5.79. The first-order valence-corrected chi connectivity index (χ1v) is 6.84. The molecule has 0 unspecified atom stereocenters. The second-order valence-corrected chi connectivity index (χ2v) is 5.38. The second-order valence-electron chi connectivity index (χ2n) is 5.38. The number of aromatic nitrogens is 1. The highest BCUT2D eigenvalue weighted by Crippen LogP contribution is 2.31. The SMILES string of the molecule is Cc1cc(CN(C)Cc2cc(N)cc3c2OCOC3)no1. The minimum Gasteiger partial charge on any atom is -0.467 e. The van der Waals surface area contributed by atoms with Gasteiger partial charge in [-0.3, -0.25) is 4.90 Å². The van der Waals surface area contributed by atoms with Crippen molar-refractivity contribution in [3.05, 3.63) is 40.8 Å². The molecule has 0 saturated heterocycles. The average Bonchev–Trinajstić information content (AvgIpc) is 2.83. The number of nitrogens with zero attached hydrogens (tertiary/aromatic N) is 2. The third kappa shape index (κ3) is 3.17. The van der Waals surface area contributed by atoms with Gasteiger partial charge in [-0.2, -0.15) is 0 Å². The Hall–Kier alpha value is -2.05. The normalized spacial score (nSPS) is 14.0. The molecule has 3 rings (SSSR count). The van der Waals surface area contributed by atoms with Gasteiger partial charge in [-0.1, -0.05) is 5.16 Å². The van der Waals surface area contributed by atoms with Crippen LogP contribution in [0.15, 0.2) is 22.7 Å². The van der Waals surface area contributed by atoms with Crippen molar-refractivity contribution in [2.45, 2.75) is 26.6 Å². The number of nitrogen functional groups attached to an aromatic ring is 1. The maximum Gasteiger partial charge on any atom is 0.189 e. The Kier molecular flexibility index (Phi) is 3.81. The van der Waals surface area contributed by atoms with E-state index < -0.39 is 0 Å². The zero-order valence-electron chi connectivity index (χ0n) is 12.3. The van der Waals surface area contributed by atoms with Crippen LogP contribution in [0.3, 0.4) is 0 Å². The van der Waals surface area contributed by atoms with Gasteiger partial charge in [-0.15, -0.1) is 0 Å². The number of hydrogen-bond acceptors (Lipinski definition) is 6. The van der Waals surface area contributed by atoms with Gasteiger partial charge in [0.2, 0.25) is 0 Å². The number of hydrogen-bond donors (Lipinski definition) is 1. The smallest absolute Gasteiger partial charge is 0.189 e. The first-order chi connectivity index (χ1) is 10.1. The zero-order valence-corrected chi connectivity index (χ0v) is 12.3. The lowest BCUT2D eigenvalue weighted by molar-refractivity contribution is -0.0173. The van der Waals surface area contributed by atoms with Crippen molar-refractivity contribution in [3.63, 3.8) is 0 Å². The molecule has 0 spiro atoms. The third-order valence-corrected chi connectivity index (χ3v) is 3.36. The van der Waals surface area contributed by atoms with E-state index in [0.717, 1.165) is 40.6 Å². The summed E-state index contributed by atoms with van der Waals surface area (Å²) in [5.41, 5.74) is 9.66. The van der Waals surface area contributed by atoms with Crippen LogP contribution >= 0.6 is 0 Å². The number of rotatable bonds is 4. The zero-order chi connectivity index (χ0) is 14.8. The van der Waals surface area contributed by atoms with Crippen LogP contribution in [0.5, 0.6) is 5.75 Å². The van der Waals surface area contributed by atoms with Crippen LogP contribution in [0.25, 0.3) is 0 Å². The summed E-state index contributed by atoms with van der Waals surface area (Å²) in [7, 11) is 2.03. The summed E-state index contributed by atoms with van der Waals surface area (Å²) >= 11 is 0. The van der Waals surface area contributed by atoms with Crippen molar-refractivity contribution in [1.82, 2.24) is 10.1 Å². The fraction of sp³-hybridized carbons (Fsp3) is 0.400. The van der Waals surface area contributed by atoms with Gasteiger partial charge in [0.25, 0.3) is 0 Å². The molecule has 2 heterocycles. The summed E-state index contributed by atoms with van der Waals surface area (Å²) < 4.78 is 16.0. The Morgan fingerprint density at radius 1 is 1.29 bits per heavy atom. The van der Waals surface area contributed by atoms with E-state index in [0.29, 0.717) is 13.2 Å². The van der Waals surface area contributed by atoms with Gasteiger partial charge in [-0.05, 0) is 26.1 Å². The highest BCUT2D eigenvalue weighted by Gasteiger charge is 2.17. The van der Waals surface area contributed by atoms with Crippen LogP contribution < -0.4 is 10.5 Å². The number of aryl methyl sites for hydroxylation is 1. The van der Waals surface area contributed by atoms with E-state index in [9.17, 15) is 0 Å². The lowest BCUT2D eigenvalue weighted by Crippen LogP contribution is -2.20. The van der Waals surface area contributed by atoms with Gasteiger partial charge in [0.1, 0.15) is 11.5 Å². The van der Waals surface area contributed by atoms with Crippen LogP contribution in [0.1, 0.15) is 22.6 Å². The van der Waals surface area contributed by atoms with Gasteiger partial charge in [-0.25, -0.2) is 0 Å². The standard InChI is InChI=1S/C15H19N3O3/c1-10-3-14(17-21-10)7-18(2)6-11-4-13(16)5-12-8-19-9-20-15(11)12/h3-5H,6-9,16H2,1-2H3. The van der Waals surface area contributed by atoms with E-state index >= 15 is 0 Å². The van der Waals surface area contributed by atoms with Gasteiger partial charge < -0.3 is 19.7 Å². The van der Waals surface area contributed by atoms with E-state index in [1.165, 1.54) is 0 Å². The number of fused-ring (bicyclic) bond motifs is 1. The molecule has 0 amide bonds. The second kappa shape index (κ2) is 5.75. The Labute approximate surface area is 123 Å². The molecular weight excluding hydrogens is 270 g/mol. The van der Waals surface area contributed by atoms with Gasteiger partial charge in [0, 0.05) is 36.0 Å². The topological polar surface area (TPSA) is 73.8 Å². The van der Waals surface area contributed by atoms with Crippen molar-refractivity contribution >= 4 is 5.69 Å².